The number of Topliss-reactive ketones (excluding diaryl/α,β-unsaturated/α-hetero) is 1. The van der Waals surface area contributed by atoms with E-state index in [1.54, 1.807) is 42.7 Å². The maximum Gasteiger partial charge on any atom is 0.337 e. The van der Waals surface area contributed by atoms with Crippen molar-refractivity contribution in [3.05, 3.63) is 112 Å². The number of esters is 1. The number of thiophene rings is 1. The van der Waals surface area contributed by atoms with Gasteiger partial charge in [-0.05, 0) is 41.5 Å². The van der Waals surface area contributed by atoms with Gasteiger partial charge in [-0.2, -0.15) is 0 Å². The van der Waals surface area contributed by atoms with E-state index in [4.69, 9.17) is 9.47 Å². The van der Waals surface area contributed by atoms with Crippen molar-refractivity contribution in [2.75, 3.05) is 14.2 Å². The zero-order valence-corrected chi connectivity index (χ0v) is 19.4. The Kier molecular flexibility index (Phi) is 7.01. The fourth-order valence-electron chi connectivity index (χ4n) is 3.65. The Balaban J connectivity index is 1.49. The molecule has 4 aromatic rings. The molecule has 33 heavy (non-hydrogen) atoms. The van der Waals surface area contributed by atoms with Gasteiger partial charge in [0, 0.05) is 33.7 Å². The molecule has 0 saturated carbocycles. The van der Waals surface area contributed by atoms with Crippen LogP contribution in [0.15, 0.2) is 84.9 Å². The van der Waals surface area contributed by atoms with Gasteiger partial charge >= 0.3 is 5.97 Å². The molecule has 3 aromatic carbocycles. The summed E-state index contributed by atoms with van der Waals surface area (Å²) in [5.74, 6) is 0.218. The molecule has 0 bridgehead atoms. The van der Waals surface area contributed by atoms with Gasteiger partial charge < -0.3 is 9.47 Å². The van der Waals surface area contributed by atoms with Crippen LogP contribution >= 0.6 is 11.3 Å². The van der Waals surface area contributed by atoms with Gasteiger partial charge in [-0.1, -0.05) is 54.6 Å². The molecule has 0 fully saturated rings. The topological polar surface area (TPSA) is 52.6 Å². The molecule has 1 aromatic heterocycles. The zero-order valence-electron chi connectivity index (χ0n) is 18.5. The average molecular weight is 457 g/mol. The van der Waals surface area contributed by atoms with Crippen LogP contribution in [0.3, 0.4) is 0 Å². The Labute approximate surface area is 197 Å². The Bertz CT molecular complexity index is 1260. The van der Waals surface area contributed by atoms with Crippen LogP contribution in [0.4, 0.5) is 0 Å². The molecule has 4 nitrogen and oxygen atoms in total. The number of benzene rings is 3. The van der Waals surface area contributed by atoms with Crippen LogP contribution in [0.5, 0.6) is 5.75 Å². The van der Waals surface area contributed by atoms with E-state index in [0.717, 1.165) is 22.4 Å². The first-order valence-corrected chi connectivity index (χ1v) is 11.4. The molecule has 5 heteroatoms. The van der Waals surface area contributed by atoms with E-state index in [2.05, 4.69) is 36.4 Å². The first-order chi connectivity index (χ1) is 16.1. The lowest BCUT2D eigenvalue weighted by Gasteiger charge is -2.10. The average Bonchev–Trinajstić information content (AvgIpc) is 3.32. The molecule has 0 aliphatic carbocycles. The molecule has 1 heterocycles. The third kappa shape index (κ3) is 5.38. The Hall–Kier alpha value is -3.70. The molecule has 0 spiro atoms. The van der Waals surface area contributed by atoms with E-state index in [1.807, 2.05) is 24.3 Å². The quantitative estimate of drug-likeness (QED) is 0.233. The number of ketones is 1. The van der Waals surface area contributed by atoms with Crippen molar-refractivity contribution in [3.8, 4) is 16.2 Å². The van der Waals surface area contributed by atoms with Crippen molar-refractivity contribution in [1.29, 1.82) is 0 Å². The number of carbonyl (C=O) groups excluding carboxylic acids is 2. The molecule has 0 aliphatic rings. The smallest absolute Gasteiger partial charge is 0.337 e. The lowest BCUT2D eigenvalue weighted by molar-refractivity contribution is 0.0600. The fourth-order valence-corrected chi connectivity index (χ4v) is 4.69. The van der Waals surface area contributed by atoms with Crippen LogP contribution < -0.4 is 4.74 Å². The minimum absolute atomic E-state index is 0.0428. The van der Waals surface area contributed by atoms with Crippen molar-refractivity contribution >= 4 is 23.1 Å². The summed E-state index contributed by atoms with van der Waals surface area (Å²) in [5.41, 5.74) is 4.13. The summed E-state index contributed by atoms with van der Waals surface area (Å²) in [6.45, 7) is 0. The number of methoxy groups -OCH3 is 2. The normalized spacial score (nSPS) is 10.6. The molecule has 0 atom stereocenters. The molecule has 0 saturated heterocycles. The lowest BCUT2D eigenvalue weighted by Crippen LogP contribution is -2.06. The summed E-state index contributed by atoms with van der Waals surface area (Å²) in [4.78, 5) is 26.8. The molecule has 166 valence electrons. The van der Waals surface area contributed by atoms with E-state index < -0.39 is 5.97 Å². The molecule has 4 rings (SSSR count). The van der Waals surface area contributed by atoms with Gasteiger partial charge in [0.05, 0.1) is 19.8 Å². The largest absolute Gasteiger partial charge is 0.496 e. The number of ether oxygens (including phenoxy) is 2. The zero-order chi connectivity index (χ0) is 23.2. The van der Waals surface area contributed by atoms with Gasteiger partial charge in [0.2, 0.25) is 0 Å². The molecule has 0 radical (unpaired) electrons. The number of carbonyl (C=O) groups is 2. The summed E-state index contributed by atoms with van der Waals surface area (Å²) in [6, 6.07) is 27.2. The fraction of sp³-hybridized carbons (Fsp3) is 0.143. The summed E-state index contributed by atoms with van der Waals surface area (Å²) in [6.07, 6.45) is 1.12. The van der Waals surface area contributed by atoms with Crippen molar-refractivity contribution in [2.45, 2.75) is 12.8 Å². The van der Waals surface area contributed by atoms with Crippen molar-refractivity contribution in [2.24, 2.45) is 0 Å². The second-order valence-electron chi connectivity index (χ2n) is 7.62. The summed E-state index contributed by atoms with van der Waals surface area (Å²) < 4.78 is 10.3. The first-order valence-electron chi connectivity index (χ1n) is 10.6. The van der Waals surface area contributed by atoms with Crippen molar-refractivity contribution in [3.63, 3.8) is 0 Å². The van der Waals surface area contributed by atoms with Crippen molar-refractivity contribution in [1.82, 2.24) is 0 Å². The van der Waals surface area contributed by atoms with Gasteiger partial charge in [-0.3, -0.25) is 4.79 Å². The Morgan fingerprint density at radius 1 is 0.818 bits per heavy atom. The van der Waals surface area contributed by atoms with Crippen molar-refractivity contribution < 1.29 is 19.1 Å². The maximum absolute atomic E-state index is 12.8. The van der Waals surface area contributed by atoms with E-state index in [-0.39, 0.29) is 12.2 Å². The SMILES string of the molecule is COC(=O)c1ccc(C(=O)Cc2ccc(-c3ccc(Cc4ccccc4)s3)cc2OC)cc1. The molecule has 0 N–H and O–H groups in total. The summed E-state index contributed by atoms with van der Waals surface area (Å²) in [5, 5.41) is 0. The van der Waals surface area contributed by atoms with Gasteiger partial charge in [0.25, 0.3) is 0 Å². The molecular weight excluding hydrogens is 432 g/mol. The number of hydrogen-bond donors (Lipinski definition) is 0. The number of rotatable bonds is 8. The summed E-state index contributed by atoms with van der Waals surface area (Å²) in [7, 11) is 2.95. The standard InChI is InChI=1S/C28H24O4S/c1-31-26-18-23(27-15-14-24(33-27)16-19-6-4-3-5-7-19)13-12-22(26)17-25(29)20-8-10-21(11-9-20)28(30)32-2/h3-15,18H,16-17H2,1-2H3. The monoisotopic (exact) mass is 456 g/mol. The first kappa shape index (κ1) is 22.5. The Morgan fingerprint density at radius 2 is 1.55 bits per heavy atom. The molecule has 0 aliphatic heterocycles. The number of hydrogen-bond acceptors (Lipinski definition) is 5. The van der Waals surface area contributed by atoms with E-state index in [9.17, 15) is 9.59 Å². The van der Waals surface area contributed by atoms with Crippen LogP contribution in [0.25, 0.3) is 10.4 Å². The highest BCUT2D eigenvalue weighted by molar-refractivity contribution is 7.15. The van der Waals surface area contributed by atoms with Crippen LogP contribution in [0.1, 0.15) is 36.7 Å². The maximum atomic E-state index is 12.8. The van der Waals surface area contributed by atoms with Gasteiger partial charge in [0.15, 0.2) is 5.78 Å². The molecule has 0 amide bonds. The predicted octanol–water partition coefficient (Wildman–Crippen LogP) is 6.23. The Morgan fingerprint density at radius 3 is 2.24 bits per heavy atom. The highest BCUT2D eigenvalue weighted by Gasteiger charge is 2.14. The highest BCUT2D eigenvalue weighted by atomic mass is 32.1. The lowest BCUT2D eigenvalue weighted by atomic mass is 9.99. The van der Waals surface area contributed by atoms with E-state index in [1.165, 1.54) is 17.6 Å². The molecule has 0 unspecified atom stereocenters. The third-order valence-electron chi connectivity index (χ3n) is 5.43. The van der Waals surface area contributed by atoms with Gasteiger partial charge in [0.1, 0.15) is 5.75 Å². The van der Waals surface area contributed by atoms with E-state index >= 15 is 0 Å². The van der Waals surface area contributed by atoms with Crippen LogP contribution in [-0.2, 0) is 17.6 Å². The second kappa shape index (κ2) is 10.3. The van der Waals surface area contributed by atoms with Gasteiger partial charge in [-0.15, -0.1) is 11.3 Å². The predicted molar refractivity (Wildman–Crippen MR) is 131 cm³/mol. The van der Waals surface area contributed by atoms with Crippen LogP contribution in [0.2, 0.25) is 0 Å². The second-order valence-corrected chi connectivity index (χ2v) is 8.79. The van der Waals surface area contributed by atoms with Crippen LogP contribution in [-0.4, -0.2) is 26.0 Å². The minimum Gasteiger partial charge on any atom is -0.496 e. The van der Waals surface area contributed by atoms with Gasteiger partial charge in [-0.25, -0.2) is 4.79 Å². The van der Waals surface area contributed by atoms with Crippen LogP contribution in [0, 0.1) is 0 Å². The highest BCUT2D eigenvalue weighted by Crippen LogP contribution is 2.33. The van der Waals surface area contributed by atoms with E-state index in [0.29, 0.717) is 16.9 Å². The third-order valence-corrected chi connectivity index (χ3v) is 6.57. The summed E-state index contributed by atoms with van der Waals surface area (Å²) >= 11 is 1.76. The molecular formula is C28H24O4S. The minimum atomic E-state index is -0.424.